The Labute approximate surface area is 317 Å². The van der Waals surface area contributed by atoms with Gasteiger partial charge in [0.05, 0.1) is 38.2 Å². The van der Waals surface area contributed by atoms with Crippen molar-refractivity contribution in [1.82, 2.24) is 19.9 Å². The molecule has 0 saturated heterocycles. The van der Waals surface area contributed by atoms with Crippen LogP contribution in [-0.2, 0) is 19.1 Å². The first-order valence-corrected chi connectivity index (χ1v) is 19.2. The van der Waals surface area contributed by atoms with Crippen molar-refractivity contribution in [2.45, 2.75) is 9.79 Å². The number of pyridine rings is 4. The molecular formula is C32H23Cl5N6O6S2. The van der Waals surface area contributed by atoms with Gasteiger partial charge in [0.25, 0.3) is 19.1 Å². The lowest BCUT2D eigenvalue weighted by molar-refractivity contribution is 0.480. The third kappa shape index (κ3) is 12.7. The van der Waals surface area contributed by atoms with Crippen LogP contribution in [0.1, 0.15) is 0 Å². The van der Waals surface area contributed by atoms with Crippen molar-refractivity contribution in [2.75, 3.05) is 10.5 Å². The topological polar surface area (TPSA) is 176 Å². The van der Waals surface area contributed by atoms with Crippen LogP contribution in [0.5, 0.6) is 23.0 Å². The molecule has 0 saturated carbocycles. The van der Waals surface area contributed by atoms with Gasteiger partial charge >= 0.3 is 0 Å². The first-order valence-electron chi connectivity index (χ1n) is 13.9. The van der Waals surface area contributed by atoms with Gasteiger partial charge in [-0.3, -0.25) is 24.7 Å². The average molecular weight is 829 g/mol. The van der Waals surface area contributed by atoms with E-state index in [4.69, 9.17) is 72.3 Å². The molecule has 0 bridgehead atoms. The number of anilines is 2. The lowest BCUT2D eigenvalue weighted by Crippen LogP contribution is -2.13. The summed E-state index contributed by atoms with van der Waals surface area (Å²) in [5, 5.41) is 1.60. The number of halogens is 5. The zero-order chi connectivity index (χ0) is 37.0. The maximum Gasteiger partial charge on any atom is 0.263 e. The third-order valence-corrected chi connectivity index (χ3v) is 9.53. The molecule has 0 spiro atoms. The quantitative estimate of drug-likeness (QED) is 0.111. The van der Waals surface area contributed by atoms with E-state index in [0.717, 1.165) is 0 Å². The second kappa shape index (κ2) is 18.2. The van der Waals surface area contributed by atoms with Crippen LogP contribution in [0.4, 0.5) is 11.4 Å². The highest BCUT2D eigenvalue weighted by atomic mass is 35.7. The van der Waals surface area contributed by atoms with Crippen LogP contribution in [0.25, 0.3) is 0 Å². The first kappa shape index (κ1) is 39.4. The van der Waals surface area contributed by atoms with Gasteiger partial charge in [0.2, 0.25) is 0 Å². The van der Waals surface area contributed by atoms with Crippen LogP contribution >= 0.6 is 57.1 Å². The van der Waals surface area contributed by atoms with Crippen LogP contribution in [0.2, 0.25) is 20.1 Å². The number of benzene rings is 2. The summed E-state index contributed by atoms with van der Waals surface area (Å²) in [6, 6.07) is 18.7. The van der Waals surface area contributed by atoms with E-state index in [1.54, 1.807) is 42.6 Å². The van der Waals surface area contributed by atoms with Crippen LogP contribution in [0, 0.1) is 0 Å². The highest BCUT2D eigenvalue weighted by molar-refractivity contribution is 8.13. The molecule has 19 heteroatoms. The first-order chi connectivity index (χ1) is 24.2. The Balaban J connectivity index is 0.000000191. The molecular weight excluding hydrogens is 806 g/mol. The molecule has 0 fully saturated rings. The molecule has 4 heterocycles. The molecule has 0 aliphatic rings. The van der Waals surface area contributed by atoms with Crippen LogP contribution < -0.4 is 19.9 Å². The molecule has 0 unspecified atom stereocenters. The normalized spacial score (nSPS) is 10.8. The Kier molecular flexibility index (Phi) is 14.0. The van der Waals surface area contributed by atoms with Crippen LogP contribution in [-0.4, -0.2) is 36.8 Å². The van der Waals surface area contributed by atoms with Gasteiger partial charge in [-0.2, -0.15) is 0 Å². The Morgan fingerprint density at radius 3 is 1.53 bits per heavy atom. The van der Waals surface area contributed by atoms with Gasteiger partial charge in [-0.15, -0.1) is 0 Å². The van der Waals surface area contributed by atoms with Gasteiger partial charge in [0.15, 0.2) is 0 Å². The minimum atomic E-state index is -3.75. The molecule has 0 radical (unpaired) electrons. The smallest absolute Gasteiger partial charge is 0.263 e. The highest BCUT2D eigenvalue weighted by Crippen LogP contribution is 2.33. The zero-order valence-corrected chi connectivity index (χ0v) is 31.0. The number of hydrogen-bond acceptors (Lipinski definition) is 11. The summed E-state index contributed by atoms with van der Waals surface area (Å²) in [4.78, 5) is 15.3. The van der Waals surface area contributed by atoms with E-state index >= 15 is 0 Å². The molecule has 0 atom stereocenters. The summed E-state index contributed by atoms with van der Waals surface area (Å²) < 4.78 is 59.2. The lowest BCUT2D eigenvalue weighted by atomic mass is 10.3. The molecule has 0 aliphatic carbocycles. The molecule has 0 aliphatic heterocycles. The summed E-state index contributed by atoms with van der Waals surface area (Å²) in [7, 11) is -2.35. The SMILES string of the molecule is Nc1ccc(Oc2cncc(Cl)c2)c(Cl)c1.O=S(=O)(Cl)c1cccnc1.O=S(=O)(Nc1ccc(Oc2cncc(Cl)c2)c(Cl)c1)c1cccnc1. The molecule has 6 rings (SSSR count). The standard InChI is InChI=1S/C16H11Cl2N3O3S.C11H8Cl2N2O.C5H4ClNO2S/c17-11-6-13(9-20-8-11)24-16-4-3-12(7-15(16)18)21-25(22,23)14-2-1-5-19-10-14;12-7-3-9(6-15-5-7)16-11-2-1-8(14)4-10(11)13;6-10(8,9)5-2-1-3-7-4-5/h1-10,21H;1-6H,14H2;1-4H. The number of rotatable bonds is 8. The largest absolute Gasteiger partial charge is 0.454 e. The summed E-state index contributed by atoms with van der Waals surface area (Å²) in [6.45, 7) is 0. The van der Waals surface area contributed by atoms with Gasteiger partial charge in [-0.25, -0.2) is 16.8 Å². The number of hydrogen-bond donors (Lipinski definition) is 2. The van der Waals surface area contributed by atoms with Crippen molar-refractivity contribution in [3.05, 3.63) is 142 Å². The zero-order valence-electron chi connectivity index (χ0n) is 25.6. The average Bonchev–Trinajstić information content (AvgIpc) is 3.08. The Bertz CT molecular complexity index is 2310. The van der Waals surface area contributed by atoms with E-state index in [9.17, 15) is 16.8 Å². The fourth-order valence-electron chi connectivity index (χ4n) is 3.61. The third-order valence-electron chi connectivity index (χ3n) is 5.82. The summed E-state index contributed by atoms with van der Waals surface area (Å²) >= 11 is 23.8. The molecule has 3 N–H and O–H groups in total. The summed E-state index contributed by atoms with van der Waals surface area (Å²) in [5.74, 6) is 1.80. The number of nitrogens with one attached hydrogen (secondary N) is 1. The van der Waals surface area contributed by atoms with E-state index in [1.165, 1.54) is 79.8 Å². The van der Waals surface area contributed by atoms with E-state index in [2.05, 4.69) is 24.7 Å². The maximum absolute atomic E-state index is 12.3. The van der Waals surface area contributed by atoms with Crippen molar-refractivity contribution in [3.8, 4) is 23.0 Å². The van der Waals surface area contributed by atoms with Gasteiger partial charge in [0.1, 0.15) is 32.8 Å². The lowest BCUT2D eigenvalue weighted by Gasteiger charge is -2.11. The Morgan fingerprint density at radius 1 is 0.588 bits per heavy atom. The number of aromatic nitrogens is 4. The highest BCUT2D eigenvalue weighted by Gasteiger charge is 2.15. The monoisotopic (exact) mass is 826 g/mol. The number of sulfonamides is 1. The van der Waals surface area contributed by atoms with Gasteiger partial charge < -0.3 is 15.2 Å². The van der Waals surface area contributed by atoms with Gasteiger partial charge in [0, 0.05) is 65.7 Å². The van der Waals surface area contributed by atoms with Crippen molar-refractivity contribution in [3.63, 3.8) is 0 Å². The number of nitrogens with zero attached hydrogens (tertiary/aromatic N) is 4. The minimum Gasteiger partial charge on any atom is -0.454 e. The van der Waals surface area contributed by atoms with Crippen LogP contribution in [0.15, 0.2) is 132 Å². The fourth-order valence-corrected chi connectivity index (χ4v) is 6.10. The van der Waals surface area contributed by atoms with Gasteiger partial charge in [-0.1, -0.05) is 46.4 Å². The molecule has 4 aromatic heterocycles. The summed E-state index contributed by atoms with van der Waals surface area (Å²) in [5.41, 5.74) is 6.45. The molecule has 51 heavy (non-hydrogen) atoms. The molecule has 0 amide bonds. The molecule has 2 aromatic carbocycles. The fraction of sp³-hybridized carbons (Fsp3) is 0. The summed E-state index contributed by atoms with van der Waals surface area (Å²) in [6.07, 6.45) is 11.5. The second-order valence-corrected chi connectivity index (χ2v) is 15.6. The minimum absolute atomic E-state index is 0.0247. The molecule has 12 nitrogen and oxygen atoms in total. The van der Waals surface area contributed by atoms with Crippen molar-refractivity contribution < 1.29 is 26.3 Å². The number of ether oxygens (including phenoxy) is 2. The van der Waals surface area contributed by atoms with E-state index in [0.29, 0.717) is 49.4 Å². The maximum atomic E-state index is 12.3. The van der Waals surface area contributed by atoms with Crippen molar-refractivity contribution in [1.29, 1.82) is 0 Å². The number of nitrogens with two attached hydrogens (primary N) is 1. The van der Waals surface area contributed by atoms with Crippen LogP contribution in [0.3, 0.4) is 0 Å². The second-order valence-electron chi connectivity index (χ2n) is 9.64. The van der Waals surface area contributed by atoms with E-state index in [-0.39, 0.29) is 14.8 Å². The predicted octanol–water partition coefficient (Wildman–Crippen LogP) is 9.15. The Morgan fingerprint density at radius 2 is 1.10 bits per heavy atom. The van der Waals surface area contributed by atoms with Crippen molar-refractivity contribution >= 4 is 87.5 Å². The Hall–Kier alpha value is -4.41. The predicted molar refractivity (Wildman–Crippen MR) is 198 cm³/mol. The van der Waals surface area contributed by atoms with E-state index < -0.39 is 19.1 Å². The molecule has 264 valence electrons. The van der Waals surface area contributed by atoms with Crippen molar-refractivity contribution in [2.24, 2.45) is 0 Å². The number of nitrogen functional groups attached to an aromatic ring is 1. The molecule has 6 aromatic rings. The van der Waals surface area contributed by atoms with Gasteiger partial charge in [-0.05, 0) is 60.7 Å². The van der Waals surface area contributed by atoms with E-state index in [1.807, 2.05) is 0 Å².